The molecule has 8 nitrogen and oxygen atoms in total. The number of carboxylic acids is 3. The molecule has 2 atom stereocenters. The van der Waals surface area contributed by atoms with Crippen molar-refractivity contribution in [3.8, 4) is 0 Å². The summed E-state index contributed by atoms with van der Waals surface area (Å²) >= 11 is 0. The second-order valence-corrected chi connectivity index (χ2v) is 2.96. The van der Waals surface area contributed by atoms with Crippen LogP contribution in [0.3, 0.4) is 0 Å². The topological polar surface area (TPSA) is 170 Å². The van der Waals surface area contributed by atoms with Gasteiger partial charge in [0.1, 0.15) is 6.04 Å². The molecule has 0 aromatic rings. The molecule has 0 aliphatic carbocycles. The van der Waals surface area contributed by atoms with E-state index in [0.29, 0.717) is 0 Å². The highest BCUT2D eigenvalue weighted by Crippen LogP contribution is 1.90. The van der Waals surface area contributed by atoms with E-state index in [-0.39, 0.29) is 12.8 Å². The summed E-state index contributed by atoms with van der Waals surface area (Å²) in [7, 11) is 0. The number of rotatable bonds is 5. The van der Waals surface area contributed by atoms with Crippen LogP contribution in [-0.4, -0.2) is 35.1 Å². The van der Waals surface area contributed by atoms with Gasteiger partial charge in [-0.3, -0.25) is 4.79 Å². The molecule has 0 aliphatic heterocycles. The lowest BCUT2D eigenvalue weighted by molar-refractivity contribution is -0.309. The van der Waals surface area contributed by atoms with E-state index < -0.39 is 30.0 Å². The van der Waals surface area contributed by atoms with E-state index in [1.165, 1.54) is 6.92 Å². The zero-order chi connectivity index (χ0) is 13.3. The average Bonchev–Trinajstić information content (AvgIpc) is 2.14. The van der Waals surface area contributed by atoms with Crippen molar-refractivity contribution in [3.63, 3.8) is 0 Å². The molecule has 0 bridgehead atoms. The van der Waals surface area contributed by atoms with Gasteiger partial charge in [0.05, 0.1) is 5.97 Å². The second kappa shape index (κ2) is 8.62. The van der Waals surface area contributed by atoms with Crippen LogP contribution >= 0.6 is 0 Å². The third kappa shape index (κ3) is 12.3. The SMILES string of the molecule is C[C@H](N)C(=O)O.N[C@@H](CCC(=O)[O-])C(=O)[O-]. The summed E-state index contributed by atoms with van der Waals surface area (Å²) in [4.78, 5) is 29.2. The van der Waals surface area contributed by atoms with E-state index in [4.69, 9.17) is 16.6 Å². The number of carbonyl (C=O) groups is 3. The summed E-state index contributed by atoms with van der Waals surface area (Å²) < 4.78 is 0. The number of carboxylic acid groups (broad SMARTS) is 3. The van der Waals surface area contributed by atoms with E-state index in [1.54, 1.807) is 0 Å². The van der Waals surface area contributed by atoms with Gasteiger partial charge in [-0.15, -0.1) is 0 Å². The minimum Gasteiger partial charge on any atom is -0.550 e. The lowest BCUT2D eigenvalue weighted by atomic mass is 10.2. The molecule has 0 heterocycles. The van der Waals surface area contributed by atoms with E-state index >= 15 is 0 Å². The number of aliphatic carboxylic acids is 3. The van der Waals surface area contributed by atoms with Crippen LogP contribution in [0.2, 0.25) is 0 Å². The van der Waals surface area contributed by atoms with Crippen LogP contribution in [0.15, 0.2) is 0 Å². The van der Waals surface area contributed by atoms with Crippen molar-refractivity contribution < 1.29 is 29.7 Å². The highest BCUT2D eigenvalue weighted by Gasteiger charge is 2.01. The second-order valence-electron chi connectivity index (χ2n) is 2.96. The van der Waals surface area contributed by atoms with Crippen LogP contribution in [0.25, 0.3) is 0 Å². The van der Waals surface area contributed by atoms with E-state index in [9.17, 15) is 24.6 Å². The first kappa shape index (κ1) is 16.7. The monoisotopic (exact) mass is 234 g/mol. The first-order valence-corrected chi connectivity index (χ1v) is 4.33. The molecule has 8 heteroatoms. The quantitative estimate of drug-likeness (QED) is 0.432. The Bertz CT molecular complexity index is 253. The van der Waals surface area contributed by atoms with E-state index in [1.807, 2.05) is 0 Å². The summed E-state index contributed by atoms with van der Waals surface area (Å²) in [5, 5.41) is 27.5. The zero-order valence-electron chi connectivity index (χ0n) is 8.71. The van der Waals surface area contributed by atoms with Gasteiger partial charge in [0.15, 0.2) is 0 Å². The van der Waals surface area contributed by atoms with Crippen LogP contribution < -0.4 is 21.7 Å². The highest BCUT2D eigenvalue weighted by atomic mass is 16.4. The van der Waals surface area contributed by atoms with E-state index in [2.05, 4.69) is 0 Å². The van der Waals surface area contributed by atoms with Crippen molar-refractivity contribution >= 4 is 17.9 Å². The molecule has 0 aliphatic rings. The maximum atomic E-state index is 9.86. The standard InChI is InChI=1S/C5H9NO4.C3H7NO2/c6-3(5(9)10)1-2-4(7)8;1-2(4)3(5)6/h3H,1-2,6H2,(H,7,8)(H,9,10);2H,4H2,1H3,(H,5,6)/p-2/t3-;2-/m00/s1. The molecule has 0 aromatic heterocycles. The predicted octanol–water partition coefficient (Wildman–Crippen LogP) is -3.99. The molecule has 0 unspecified atom stereocenters. The smallest absolute Gasteiger partial charge is 0.320 e. The van der Waals surface area contributed by atoms with Crippen LogP contribution in [0.1, 0.15) is 19.8 Å². The number of hydrogen-bond acceptors (Lipinski definition) is 7. The Kier molecular flexibility index (Phi) is 9.03. The predicted molar refractivity (Wildman–Crippen MR) is 48.5 cm³/mol. The fourth-order valence-corrected chi connectivity index (χ4v) is 0.391. The van der Waals surface area contributed by atoms with E-state index in [0.717, 1.165) is 0 Å². The lowest BCUT2D eigenvalue weighted by Crippen LogP contribution is -2.42. The van der Waals surface area contributed by atoms with Gasteiger partial charge in [0.2, 0.25) is 0 Å². The van der Waals surface area contributed by atoms with Crippen molar-refractivity contribution in [2.24, 2.45) is 11.5 Å². The van der Waals surface area contributed by atoms with Gasteiger partial charge in [-0.25, -0.2) is 0 Å². The summed E-state index contributed by atoms with van der Waals surface area (Å²) in [5.74, 6) is -3.71. The van der Waals surface area contributed by atoms with Gasteiger partial charge in [-0.2, -0.15) is 0 Å². The van der Waals surface area contributed by atoms with Gasteiger partial charge >= 0.3 is 5.97 Å². The molecular weight excluding hydrogens is 220 g/mol. The first-order valence-electron chi connectivity index (χ1n) is 4.33. The molecule has 94 valence electrons. The van der Waals surface area contributed by atoms with Gasteiger partial charge in [-0.1, -0.05) is 0 Å². The largest absolute Gasteiger partial charge is 0.550 e. The summed E-state index contributed by atoms with van der Waals surface area (Å²) in [6.45, 7) is 1.42. The normalized spacial score (nSPS) is 12.9. The van der Waals surface area contributed by atoms with Crippen LogP contribution in [0, 0.1) is 0 Å². The Morgan fingerprint density at radius 2 is 1.62 bits per heavy atom. The maximum Gasteiger partial charge on any atom is 0.320 e. The first-order chi connectivity index (χ1) is 7.18. The fourth-order valence-electron chi connectivity index (χ4n) is 0.391. The fraction of sp³-hybridized carbons (Fsp3) is 0.625. The molecule has 0 fully saturated rings. The molecule has 0 spiro atoms. The van der Waals surface area contributed by atoms with Crippen molar-refractivity contribution in [2.75, 3.05) is 0 Å². The molecule has 0 saturated carbocycles. The highest BCUT2D eigenvalue weighted by molar-refractivity contribution is 5.72. The molecule has 0 aromatic carbocycles. The minimum atomic E-state index is -1.44. The van der Waals surface area contributed by atoms with Gasteiger partial charge < -0.3 is 36.4 Å². The van der Waals surface area contributed by atoms with Gasteiger partial charge in [-0.05, 0) is 19.8 Å². The van der Waals surface area contributed by atoms with Crippen molar-refractivity contribution in [3.05, 3.63) is 0 Å². The lowest BCUT2D eigenvalue weighted by Gasteiger charge is -2.11. The Balaban J connectivity index is 0. The van der Waals surface area contributed by atoms with Crippen LogP contribution in [0.5, 0.6) is 0 Å². The Morgan fingerprint density at radius 1 is 1.25 bits per heavy atom. The Morgan fingerprint density at radius 3 is 1.81 bits per heavy atom. The molecule has 0 radical (unpaired) electrons. The Labute approximate surface area is 91.8 Å². The molecule has 5 N–H and O–H groups in total. The molecular formula is C8H14N2O6-2. The molecule has 16 heavy (non-hydrogen) atoms. The third-order valence-corrected chi connectivity index (χ3v) is 1.35. The summed E-state index contributed by atoms with van der Waals surface area (Å²) in [6, 6.07) is -1.94. The van der Waals surface area contributed by atoms with Gasteiger partial charge in [0, 0.05) is 12.0 Å². The number of hydrogen-bond donors (Lipinski definition) is 3. The minimum absolute atomic E-state index is 0.148. The number of nitrogens with two attached hydrogens (primary N) is 2. The molecule has 0 amide bonds. The van der Waals surface area contributed by atoms with Crippen LogP contribution in [0.4, 0.5) is 0 Å². The average molecular weight is 234 g/mol. The van der Waals surface area contributed by atoms with Crippen molar-refractivity contribution in [2.45, 2.75) is 31.8 Å². The maximum absolute atomic E-state index is 9.86. The molecule has 0 rings (SSSR count). The van der Waals surface area contributed by atoms with Crippen molar-refractivity contribution in [1.82, 2.24) is 0 Å². The number of carbonyl (C=O) groups excluding carboxylic acids is 2. The summed E-state index contributed by atoms with van der Waals surface area (Å²) in [5.41, 5.74) is 9.75. The van der Waals surface area contributed by atoms with Gasteiger partial charge in [0.25, 0.3) is 0 Å². The van der Waals surface area contributed by atoms with Crippen LogP contribution in [-0.2, 0) is 14.4 Å². The van der Waals surface area contributed by atoms with Crippen molar-refractivity contribution in [1.29, 1.82) is 0 Å². The third-order valence-electron chi connectivity index (χ3n) is 1.35. The molecule has 0 saturated heterocycles. The summed E-state index contributed by atoms with van der Waals surface area (Å²) in [6.07, 6.45) is -0.500. The Hall–Kier alpha value is -1.67. The zero-order valence-corrected chi connectivity index (χ0v) is 8.71.